The Labute approximate surface area is 221 Å². The van der Waals surface area contributed by atoms with Crippen molar-refractivity contribution in [2.24, 2.45) is 5.73 Å². The number of pyridine rings is 1. The van der Waals surface area contributed by atoms with Crippen LogP contribution in [-0.4, -0.2) is 39.9 Å². The van der Waals surface area contributed by atoms with Crippen molar-refractivity contribution in [3.63, 3.8) is 0 Å². The Morgan fingerprint density at radius 1 is 1.19 bits per heavy atom. The number of aryl methyl sites for hydroxylation is 1. The third kappa shape index (κ3) is 6.18. The third-order valence-electron chi connectivity index (χ3n) is 6.42. The summed E-state index contributed by atoms with van der Waals surface area (Å²) in [5, 5.41) is 0.693. The van der Waals surface area contributed by atoms with Gasteiger partial charge in [-0.1, -0.05) is 23.7 Å². The number of rotatable bonds is 7. The van der Waals surface area contributed by atoms with Crippen LogP contribution in [-0.2, 0) is 13.0 Å². The van der Waals surface area contributed by atoms with Crippen LogP contribution in [0, 0.1) is 6.92 Å². The Hall–Kier alpha value is -3.68. The lowest BCUT2D eigenvalue weighted by atomic mass is 10.1. The van der Waals surface area contributed by atoms with Crippen molar-refractivity contribution >= 4 is 17.5 Å². The first-order valence-corrected chi connectivity index (χ1v) is 12.8. The standard InChI is InChI=1S/C29H29ClN4O3/c1-19-28(33-27(37-19)15-20-4-2-5-23(30)14-20)21-8-11-26(12-9-21)36-18-25-10-7-22(16-32-25)29(35)34-13-3-6-24(31)17-34/h2,4-5,7-12,14,16,24H,3,6,13,15,17-18,31H2,1H3/t24-/m0/s1. The molecule has 2 aromatic carbocycles. The quantitative estimate of drug-likeness (QED) is 0.352. The second kappa shape index (κ2) is 11.2. The summed E-state index contributed by atoms with van der Waals surface area (Å²) in [6.45, 7) is 3.55. The zero-order valence-corrected chi connectivity index (χ0v) is 21.4. The van der Waals surface area contributed by atoms with Crippen molar-refractivity contribution in [3.05, 3.63) is 100 Å². The number of nitrogens with zero attached hydrogens (tertiary/aromatic N) is 3. The minimum atomic E-state index is -0.0235. The molecular weight excluding hydrogens is 488 g/mol. The first-order chi connectivity index (χ1) is 17.9. The number of piperidine rings is 1. The molecule has 8 heteroatoms. The maximum Gasteiger partial charge on any atom is 0.255 e. The maximum absolute atomic E-state index is 12.7. The Morgan fingerprint density at radius 3 is 2.76 bits per heavy atom. The second-order valence-corrected chi connectivity index (χ2v) is 9.76. The topological polar surface area (TPSA) is 94.5 Å². The zero-order valence-electron chi connectivity index (χ0n) is 20.7. The number of aromatic nitrogens is 2. The van der Waals surface area contributed by atoms with Crippen LogP contribution in [0.25, 0.3) is 11.3 Å². The summed E-state index contributed by atoms with van der Waals surface area (Å²) in [5.74, 6) is 2.10. The van der Waals surface area contributed by atoms with Gasteiger partial charge >= 0.3 is 0 Å². The Kier molecular flexibility index (Phi) is 7.53. The molecule has 1 aliphatic rings. The largest absolute Gasteiger partial charge is 0.487 e. The van der Waals surface area contributed by atoms with Gasteiger partial charge in [-0.15, -0.1) is 0 Å². The molecule has 0 aliphatic carbocycles. The molecule has 190 valence electrons. The molecule has 0 spiro atoms. The smallest absolute Gasteiger partial charge is 0.255 e. The highest BCUT2D eigenvalue weighted by Gasteiger charge is 2.22. The Bertz CT molecular complexity index is 1370. The van der Waals surface area contributed by atoms with E-state index in [2.05, 4.69) is 9.97 Å². The average Bonchev–Trinajstić information content (AvgIpc) is 3.27. The SMILES string of the molecule is Cc1oc(Cc2cccc(Cl)c2)nc1-c1ccc(OCc2ccc(C(=O)N3CCC[C@H](N)C3)cn2)cc1. The van der Waals surface area contributed by atoms with E-state index in [1.165, 1.54) is 0 Å². The zero-order chi connectivity index (χ0) is 25.8. The molecular formula is C29H29ClN4O3. The van der Waals surface area contributed by atoms with Gasteiger partial charge in [0.05, 0.1) is 11.3 Å². The van der Waals surface area contributed by atoms with E-state index in [-0.39, 0.29) is 11.9 Å². The van der Waals surface area contributed by atoms with E-state index in [9.17, 15) is 4.79 Å². The van der Waals surface area contributed by atoms with Gasteiger partial charge in [-0.2, -0.15) is 0 Å². The lowest BCUT2D eigenvalue weighted by Gasteiger charge is -2.30. The number of benzene rings is 2. The summed E-state index contributed by atoms with van der Waals surface area (Å²) >= 11 is 6.09. The summed E-state index contributed by atoms with van der Waals surface area (Å²) < 4.78 is 11.8. The summed E-state index contributed by atoms with van der Waals surface area (Å²) in [6.07, 6.45) is 4.08. The molecule has 1 aliphatic heterocycles. The second-order valence-electron chi connectivity index (χ2n) is 9.32. The molecule has 1 amide bonds. The average molecular weight is 517 g/mol. The molecule has 2 N–H and O–H groups in total. The first kappa shape index (κ1) is 25.0. The number of likely N-dealkylation sites (tertiary alicyclic amines) is 1. The molecule has 5 rings (SSSR count). The monoisotopic (exact) mass is 516 g/mol. The van der Waals surface area contributed by atoms with Gasteiger partial charge in [0, 0.05) is 42.3 Å². The molecule has 3 heterocycles. The summed E-state index contributed by atoms with van der Waals surface area (Å²) in [6, 6.07) is 19.1. The lowest BCUT2D eigenvalue weighted by Crippen LogP contribution is -2.45. The van der Waals surface area contributed by atoms with Crippen LogP contribution in [0.15, 0.2) is 71.3 Å². The highest BCUT2D eigenvalue weighted by molar-refractivity contribution is 6.30. The normalized spacial score (nSPS) is 15.5. The fraction of sp³-hybridized carbons (Fsp3) is 0.276. The van der Waals surface area contributed by atoms with Crippen LogP contribution in [0.1, 0.15) is 46.1 Å². The molecule has 2 aromatic heterocycles. The van der Waals surface area contributed by atoms with Crippen LogP contribution in [0.5, 0.6) is 5.75 Å². The molecule has 0 saturated carbocycles. The summed E-state index contributed by atoms with van der Waals surface area (Å²) in [5.41, 5.74) is 10.1. The number of nitrogens with two attached hydrogens (primary N) is 1. The van der Waals surface area contributed by atoms with Gasteiger partial charge in [-0.25, -0.2) is 4.98 Å². The number of carbonyl (C=O) groups excluding carboxylic acids is 1. The highest BCUT2D eigenvalue weighted by atomic mass is 35.5. The minimum absolute atomic E-state index is 0.0235. The van der Waals surface area contributed by atoms with Crippen LogP contribution in [0.2, 0.25) is 5.02 Å². The van der Waals surface area contributed by atoms with Crippen LogP contribution in [0.3, 0.4) is 0 Å². The van der Waals surface area contributed by atoms with Crippen molar-refractivity contribution in [3.8, 4) is 17.0 Å². The number of carbonyl (C=O) groups is 1. The van der Waals surface area contributed by atoms with Crippen molar-refractivity contribution in [2.75, 3.05) is 13.1 Å². The summed E-state index contributed by atoms with van der Waals surface area (Å²) in [7, 11) is 0. The number of oxazole rings is 1. The molecule has 1 fully saturated rings. The molecule has 4 aromatic rings. The third-order valence-corrected chi connectivity index (χ3v) is 6.65. The van der Waals surface area contributed by atoms with Crippen molar-refractivity contribution in [1.29, 1.82) is 0 Å². The fourth-order valence-electron chi connectivity index (χ4n) is 4.50. The molecule has 37 heavy (non-hydrogen) atoms. The van der Waals surface area contributed by atoms with Gasteiger partial charge in [-0.3, -0.25) is 9.78 Å². The van der Waals surface area contributed by atoms with Gasteiger partial charge in [0.1, 0.15) is 23.8 Å². The maximum atomic E-state index is 12.7. The molecule has 1 atom stereocenters. The number of hydrogen-bond donors (Lipinski definition) is 1. The van der Waals surface area contributed by atoms with Gasteiger partial charge in [0.25, 0.3) is 5.91 Å². The van der Waals surface area contributed by atoms with Gasteiger partial charge in [-0.05, 0) is 73.9 Å². The number of hydrogen-bond acceptors (Lipinski definition) is 6. The minimum Gasteiger partial charge on any atom is -0.487 e. The highest BCUT2D eigenvalue weighted by Crippen LogP contribution is 2.27. The van der Waals surface area contributed by atoms with E-state index < -0.39 is 0 Å². The van der Waals surface area contributed by atoms with Crippen LogP contribution >= 0.6 is 11.6 Å². The van der Waals surface area contributed by atoms with Crippen LogP contribution in [0.4, 0.5) is 0 Å². The van der Waals surface area contributed by atoms with Gasteiger partial charge < -0.3 is 19.8 Å². The van der Waals surface area contributed by atoms with Crippen molar-refractivity contribution in [1.82, 2.24) is 14.9 Å². The lowest BCUT2D eigenvalue weighted by molar-refractivity contribution is 0.0708. The van der Waals surface area contributed by atoms with Gasteiger partial charge in [0.2, 0.25) is 0 Å². The number of halogens is 1. The molecule has 1 saturated heterocycles. The number of amides is 1. The van der Waals surface area contributed by atoms with E-state index in [0.717, 1.165) is 47.7 Å². The van der Waals surface area contributed by atoms with Crippen LogP contribution < -0.4 is 10.5 Å². The predicted octanol–water partition coefficient (Wildman–Crippen LogP) is 5.43. The van der Waals surface area contributed by atoms with Crippen molar-refractivity contribution < 1.29 is 13.9 Å². The molecule has 0 radical (unpaired) electrons. The fourth-order valence-corrected chi connectivity index (χ4v) is 4.71. The van der Waals surface area contributed by atoms with E-state index in [0.29, 0.717) is 41.8 Å². The van der Waals surface area contributed by atoms with E-state index in [4.69, 9.17) is 26.5 Å². The Morgan fingerprint density at radius 2 is 2.03 bits per heavy atom. The van der Waals surface area contributed by atoms with Crippen molar-refractivity contribution in [2.45, 2.75) is 38.8 Å². The summed E-state index contributed by atoms with van der Waals surface area (Å²) in [4.78, 5) is 23.6. The molecule has 7 nitrogen and oxygen atoms in total. The molecule has 0 bridgehead atoms. The van der Waals surface area contributed by atoms with E-state index in [1.807, 2.05) is 61.5 Å². The Balaban J connectivity index is 1.18. The van der Waals surface area contributed by atoms with Gasteiger partial charge in [0.15, 0.2) is 5.89 Å². The molecule has 0 unspecified atom stereocenters. The first-order valence-electron chi connectivity index (χ1n) is 12.4. The van der Waals surface area contributed by atoms with E-state index >= 15 is 0 Å². The number of ether oxygens (including phenoxy) is 1. The predicted molar refractivity (Wildman–Crippen MR) is 143 cm³/mol. The van der Waals surface area contributed by atoms with E-state index in [1.54, 1.807) is 17.2 Å².